The first-order valence-electron chi connectivity index (χ1n) is 7.46. The molecule has 1 aliphatic rings. The predicted octanol–water partition coefficient (Wildman–Crippen LogP) is 1.30. The Morgan fingerprint density at radius 2 is 1.90 bits per heavy atom. The lowest BCUT2D eigenvalue weighted by atomic mass is 9.89. The SMILES string of the molecule is CCCC1(O)CN(C(=O)CCCNC(=O)C(C)(C)C)C1. The zero-order valence-electron chi connectivity index (χ0n) is 13.2. The standard InChI is InChI=1S/C15H28N2O3/c1-5-8-15(20)10-17(11-15)12(18)7-6-9-16-13(19)14(2,3)4/h20H,5-11H2,1-4H3,(H,16,19). The van der Waals surface area contributed by atoms with Gasteiger partial charge in [0.15, 0.2) is 0 Å². The number of hydrogen-bond donors (Lipinski definition) is 2. The van der Waals surface area contributed by atoms with Gasteiger partial charge in [0.2, 0.25) is 11.8 Å². The van der Waals surface area contributed by atoms with Crippen molar-refractivity contribution in [1.29, 1.82) is 0 Å². The van der Waals surface area contributed by atoms with Gasteiger partial charge in [-0.25, -0.2) is 0 Å². The summed E-state index contributed by atoms with van der Waals surface area (Å²) in [4.78, 5) is 25.2. The topological polar surface area (TPSA) is 69.6 Å². The van der Waals surface area contributed by atoms with Gasteiger partial charge in [-0.2, -0.15) is 0 Å². The van der Waals surface area contributed by atoms with Gasteiger partial charge in [0.1, 0.15) is 0 Å². The van der Waals surface area contributed by atoms with E-state index in [-0.39, 0.29) is 11.8 Å². The number of hydrogen-bond acceptors (Lipinski definition) is 3. The van der Waals surface area contributed by atoms with Crippen LogP contribution in [-0.2, 0) is 9.59 Å². The fourth-order valence-corrected chi connectivity index (χ4v) is 2.33. The second-order valence-corrected chi connectivity index (χ2v) is 6.83. The molecule has 5 heteroatoms. The maximum Gasteiger partial charge on any atom is 0.225 e. The zero-order valence-corrected chi connectivity index (χ0v) is 13.2. The molecule has 2 N–H and O–H groups in total. The van der Waals surface area contributed by atoms with E-state index < -0.39 is 11.0 Å². The summed E-state index contributed by atoms with van der Waals surface area (Å²) in [6.07, 6.45) is 2.74. The van der Waals surface area contributed by atoms with Gasteiger partial charge >= 0.3 is 0 Å². The summed E-state index contributed by atoms with van der Waals surface area (Å²) in [6, 6.07) is 0. The number of nitrogens with zero attached hydrogens (tertiary/aromatic N) is 1. The zero-order chi connectivity index (χ0) is 15.4. The highest BCUT2D eigenvalue weighted by molar-refractivity contribution is 5.81. The van der Waals surface area contributed by atoms with Gasteiger partial charge in [0.25, 0.3) is 0 Å². The number of carbonyl (C=O) groups is 2. The molecule has 0 aromatic carbocycles. The normalized spacial score (nSPS) is 17.6. The van der Waals surface area contributed by atoms with Crippen molar-refractivity contribution in [3.05, 3.63) is 0 Å². The highest BCUT2D eigenvalue weighted by Crippen LogP contribution is 2.26. The highest BCUT2D eigenvalue weighted by Gasteiger charge is 2.42. The Morgan fingerprint density at radius 3 is 2.40 bits per heavy atom. The summed E-state index contributed by atoms with van der Waals surface area (Å²) >= 11 is 0. The minimum Gasteiger partial charge on any atom is -0.386 e. The molecule has 0 aliphatic carbocycles. The van der Waals surface area contributed by atoms with E-state index in [0.717, 1.165) is 12.8 Å². The Balaban J connectivity index is 2.15. The monoisotopic (exact) mass is 284 g/mol. The van der Waals surface area contributed by atoms with Gasteiger partial charge in [-0.3, -0.25) is 9.59 Å². The Bertz CT molecular complexity index is 355. The van der Waals surface area contributed by atoms with Crippen LogP contribution in [0.1, 0.15) is 53.4 Å². The average molecular weight is 284 g/mol. The van der Waals surface area contributed by atoms with E-state index in [1.807, 2.05) is 27.7 Å². The minimum absolute atomic E-state index is 0.00576. The molecule has 0 radical (unpaired) electrons. The summed E-state index contributed by atoms with van der Waals surface area (Å²) in [5.74, 6) is 0.0713. The van der Waals surface area contributed by atoms with Crippen molar-refractivity contribution in [2.75, 3.05) is 19.6 Å². The number of rotatable bonds is 6. The van der Waals surface area contributed by atoms with Gasteiger partial charge in [-0.1, -0.05) is 34.1 Å². The predicted molar refractivity (Wildman–Crippen MR) is 78.1 cm³/mol. The first-order chi connectivity index (χ1) is 9.18. The summed E-state index contributed by atoms with van der Waals surface area (Å²) in [5.41, 5.74) is -1.05. The van der Waals surface area contributed by atoms with Crippen molar-refractivity contribution >= 4 is 11.8 Å². The Kier molecular flexibility index (Phi) is 5.57. The first-order valence-corrected chi connectivity index (χ1v) is 7.46. The Hall–Kier alpha value is -1.10. The maximum absolute atomic E-state index is 11.9. The largest absolute Gasteiger partial charge is 0.386 e. The number of carbonyl (C=O) groups excluding carboxylic acids is 2. The molecule has 116 valence electrons. The Labute approximate surface area is 121 Å². The lowest BCUT2D eigenvalue weighted by molar-refractivity contribution is -0.156. The summed E-state index contributed by atoms with van der Waals surface area (Å²) < 4.78 is 0. The van der Waals surface area contributed by atoms with E-state index in [1.54, 1.807) is 4.90 Å². The van der Waals surface area contributed by atoms with Crippen LogP contribution < -0.4 is 5.32 Å². The second kappa shape index (κ2) is 6.57. The van der Waals surface area contributed by atoms with Gasteiger partial charge in [-0.05, 0) is 12.8 Å². The van der Waals surface area contributed by atoms with E-state index in [0.29, 0.717) is 32.5 Å². The molecule has 1 heterocycles. The maximum atomic E-state index is 11.9. The summed E-state index contributed by atoms with van der Waals surface area (Å²) in [6.45, 7) is 9.05. The van der Waals surface area contributed by atoms with Crippen LogP contribution in [0.15, 0.2) is 0 Å². The molecule has 1 aliphatic heterocycles. The lowest BCUT2D eigenvalue weighted by Crippen LogP contribution is -2.63. The van der Waals surface area contributed by atoms with Crippen LogP contribution in [0.3, 0.4) is 0 Å². The van der Waals surface area contributed by atoms with Crippen molar-refractivity contribution in [2.45, 2.75) is 59.0 Å². The molecule has 0 aromatic heterocycles. The fourth-order valence-electron chi connectivity index (χ4n) is 2.33. The van der Waals surface area contributed by atoms with Crippen LogP contribution >= 0.6 is 0 Å². The quantitative estimate of drug-likeness (QED) is 0.722. The van der Waals surface area contributed by atoms with Crippen LogP contribution in [0, 0.1) is 5.41 Å². The average Bonchev–Trinajstić information content (AvgIpc) is 2.29. The van der Waals surface area contributed by atoms with Crippen molar-refractivity contribution in [1.82, 2.24) is 10.2 Å². The number of aliphatic hydroxyl groups is 1. The molecular weight excluding hydrogens is 256 g/mol. The van der Waals surface area contributed by atoms with E-state index in [2.05, 4.69) is 5.32 Å². The molecule has 0 bridgehead atoms. The highest BCUT2D eigenvalue weighted by atomic mass is 16.3. The van der Waals surface area contributed by atoms with Crippen LogP contribution in [0.25, 0.3) is 0 Å². The fraction of sp³-hybridized carbons (Fsp3) is 0.867. The number of nitrogens with one attached hydrogen (secondary N) is 1. The Morgan fingerprint density at radius 1 is 1.30 bits per heavy atom. The third-order valence-corrected chi connectivity index (χ3v) is 3.57. The van der Waals surface area contributed by atoms with Crippen LogP contribution in [0.4, 0.5) is 0 Å². The first kappa shape index (κ1) is 17.0. The minimum atomic E-state index is -0.662. The molecule has 0 saturated carbocycles. The third kappa shape index (κ3) is 4.78. The van der Waals surface area contributed by atoms with E-state index >= 15 is 0 Å². The molecule has 0 atom stereocenters. The van der Waals surface area contributed by atoms with Gasteiger partial charge in [-0.15, -0.1) is 0 Å². The van der Waals surface area contributed by atoms with Gasteiger partial charge in [0.05, 0.1) is 18.7 Å². The lowest BCUT2D eigenvalue weighted by Gasteiger charge is -2.46. The molecule has 1 rings (SSSR count). The smallest absolute Gasteiger partial charge is 0.225 e. The molecule has 2 amide bonds. The summed E-state index contributed by atoms with van der Waals surface area (Å²) in [5, 5.41) is 12.8. The van der Waals surface area contributed by atoms with E-state index in [1.165, 1.54) is 0 Å². The molecule has 0 aromatic rings. The van der Waals surface area contributed by atoms with Crippen molar-refractivity contribution in [3.8, 4) is 0 Å². The van der Waals surface area contributed by atoms with Gasteiger partial charge < -0.3 is 15.3 Å². The molecule has 1 fully saturated rings. The molecule has 0 spiro atoms. The summed E-state index contributed by atoms with van der Waals surface area (Å²) in [7, 11) is 0. The molecule has 5 nitrogen and oxygen atoms in total. The van der Waals surface area contributed by atoms with Crippen LogP contribution in [0.2, 0.25) is 0 Å². The number of likely N-dealkylation sites (tertiary alicyclic amines) is 1. The van der Waals surface area contributed by atoms with Crippen LogP contribution in [-0.4, -0.2) is 47.1 Å². The van der Waals surface area contributed by atoms with Gasteiger partial charge in [0, 0.05) is 18.4 Å². The number of amides is 2. The van der Waals surface area contributed by atoms with Crippen LogP contribution in [0.5, 0.6) is 0 Å². The van der Waals surface area contributed by atoms with E-state index in [9.17, 15) is 14.7 Å². The van der Waals surface area contributed by atoms with E-state index in [4.69, 9.17) is 0 Å². The van der Waals surface area contributed by atoms with Crippen molar-refractivity contribution in [3.63, 3.8) is 0 Å². The van der Waals surface area contributed by atoms with Crippen molar-refractivity contribution in [2.24, 2.45) is 5.41 Å². The third-order valence-electron chi connectivity index (χ3n) is 3.57. The van der Waals surface area contributed by atoms with Crippen molar-refractivity contribution < 1.29 is 14.7 Å². The molecular formula is C15H28N2O3. The molecule has 20 heavy (non-hydrogen) atoms. The number of β-amino-alcohol motifs (C(OH)–C–C–N with tert-alkyl or cyclic N) is 1. The molecule has 1 saturated heterocycles. The second-order valence-electron chi connectivity index (χ2n) is 6.83. The molecule has 0 unspecified atom stereocenters.